The predicted molar refractivity (Wildman–Crippen MR) is 136 cm³/mol. The highest BCUT2D eigenvalue weighted by Crippen LogP contribution is 2.38. The molecule has 1 fully saturated rings. The number of carboxylic acid groups (broad SMARTS) is 1. The zero-order valence-corrected chi connectivity index (χ0v) is 21.7. The molecule has 0 spiro atoms. The van der Waals surface area contributed by atoms with Crippen LogP contribution in [0.3, 0.4) is 0 Å². The second-order valence-electron chi connectivity index (χ2n) is 8.74. The number of benzene rings is 1. The third-order valence-corrected chi connectivity index (χ3v) is 8.59. The minimum absolute atomic E-state index is 0.0707. The van der Waals surface area contributed by atoms with E-state index < -0.39 is 21.8 Å². The van der Waals surface area contributed by atoms with E-state index in [1.165, 1.54) is 46.3 Å². The van der Waals surface area contributed by atoms with E-state index >= 15 is 0 Å². The largest absolute Gasteiger partial charge is 0.488 e. The van der Waals surface area contributed by atoms with E-state index in [1.807, 2.05) is 13.0 Å². The van der Waals surface area contributed by atoms with Gasteiger partial charge in [0.1, 0.15) is 11.6 Å². The maximum Gasteiger partial charge on any atom is 0.354 e. The minimum atomic E-state index is -3.26. The van der Waals surface area contributed by atoms with Gasteiger partial charge in [0, 0.05) is 30.2 Å². The van der Waals surface area contributed by atoms with E-state index in [0.717, 1.165) is 10.6 Å². The van der Waals surface area contributed by atoms with Crippen molar-refractivity contribution in [3.8, 4) is 16.5 Å². The van der Waals surface area contributed by atoms with Crippen LogP contribution >= 0.6 is 11.3 Å². The van der Waals surface area contributed by atoms with Crippen molar-refractivity contribution in [2.75, 3.05) is 18.6 Å². The van der Waals surface area contributed by atoms with Crippen LogP contribution in [0.4, 0.5) is 15.8 Å². The molecule has 0 aliphatic heterocycles. The molecule has 36 heavy (non-hydrogen) atoms. The third-order valence-electron chi connectivity index (χ3n) is 6.20. The molecule has 1 aromatic carbocycles. The molecular formula is C24H27FN4O5S2. The van der Waals surface area contributed by atoms with Crippen LogP contribution in [0.25, 0.3) is 10.7 Å². The smallest absolute Gasteiger partial charge is 0.354 e. The Morgan fingerprint density at radius 1 is 1.19 bits per heavy atom. The lowest BCUT2D eigenvalue weighted by atomic mass is 9.93. The average Bonchev–Trinajstić information content (AvgIpc) is 3.20. The first kappa shape index (κ1) is 26.0. The summed E-state index contributed by atoms with van der Waals surface area (Å²) in [7, 11) is -1.67. The van der Waals surface area contributed by atoms with E-state index in [9.17, 15) is 22.7 Å². The fraction of sp³-hybridized carbons (Fsp3) is 0.375. The van der Waals surface area contributed by atoms with Crippen molar-refractivity contribution in [2.24, 2.45) is 0 Å². The molecule has 192 valence electrons. The van der Waals surface area contributed by atoms with Crippen LogP contribution in [0.1, 0.15) is 41.0 Å². The van der Waals surface area contributed by atoms with Gasteiger partial charge in [0.25, 0.3) is 0 Å². The zero-order chi connectivity index (χ0) is 26.0. The number of nitrogens with zero attached hydrogens (tertiary/aromatic N) is 3. The molecule has 0 unspecified atom stereocenters. The molecule has 0 amide bonds. The zero-order valence-electron chi connectivity index (χ0n) is 20.1. The van der Waals surface area contributed by atoms with E-state index in [1.54, 1.807) is 13.1 Å². The molecule has 1 saturated carbocycles. The summed E-state index contributed by atoms with van der Waals surface area (Å²) in [5.74, 6) is -0.883. The Morgan fingerprint density at radius 3 is 2.58 bits per heavy atom. The number of hydrogen-bond donors (Lipinski definition) is 2. The third kappa shape index (κ3) is 6.00. The van der Waals surface area contributed by atoms with Gasteiger partial charge in [0.05, 0.1) is 28.6 Å². The second kappa shape index (κ2) is 10.5. The number of carboxylic acids is 1. The normalized spacial score (nSPS) is 18.2. The first-order chi connectivity index (χ1) is 17.0. The summed E-state index contributed by atoms with van der Waals surface area (Å²) in [5, 5.41) is 12.5. The number of sulfonamides is 1. The van der Waals surface area contributed by atoms with Crippen molar-refractivity contribution >= 4 is 38.7 Å². The number of rotatable bonds is 8. The number of aromatic nitrogens is 2. The number of aromatic carboxylic acids is 1. The number of ether oxygens (including phenoxy) is 1. The van der Waals surface area contributed by atoms with Crippen LogP contribution in [0, 0.1) is 12.7 Å². The van der Waals surface area contributed by atoms with Crippen LogP contribution in [-0.4, -0.2) is 59.2 Å². The fourth-order valence-corrected chi connectivity index (χ4v) is 5.80. The Hall–Kier alpha value is -3.09. The quantitative estimate of drug-likeness (QED) is 0.427. The van der Waals surface area contributed by atoms with Crippen molar-refractivity contribution in [3.63, 3.8) is 0 Å². The maximum atomic E-state index is 14.1. The van der Waals surface area contributed by atoms with Gasteiger partial charge in [-0.2, -0.15) is 0 Å². The number of thiophene rings is 1. The lowest BCUT2D eigenvalue weighted by molar-refractivity contribution is 0.0690. The Kier molecular flexibility index (Phi) is 7.57. The Bertz CT molecular complexity index is 1370. The van der Waals surface area contributed by atoms with Crippen molar-refractivity contribution in [1.82, 2.24) is 14.3 Å². The highest BCUT2D eigenvalue weighted by Gasteiger charge is 2.29. The minimum Gasteiger partial charge on any atom is -0.488 e. The Morgan fingerprint density at radius 2 is 1.92 bits per heavy atom. The van der Waals surface area contributed by atoms with E-state index in [4.69, 9.17) is 4.74 Å². The SMILES string of the molecule is Cc1sc(-c2nccc(C(=O)O)n2)cc1Nc1ccc(F)cc1OC1CCC(N(C)S(C)(=O)=O)CC1. The van der Waals surface area contributed by atoms with Gasteiger partial charge in [0.15, 0.2) is 11.5 Å². The second-order valence-corrected chi connectivity index (χ2v) is 12.0. The van der Waals surface area contributed by atoms with Gasteiger partial charge in [-0.05, 0) is 56.9 Å². The maximum absolute atomic E-state index is 14.1. The molecule has 0 radical (unpaired) electrons. The van der Waals surface area contributed by atoms with Gasteiger partial charge in [-0.25, -0.2) is 31.9 Å². The number of anilines is 2. The highest BCUT2D eigenvalue weighted by atomic mass is 32.2. The number of hydrogen-bond acceptors (Lipinski definition) is 8. The monoisotopic (exact) mass is 534 g/mol. The van der Waals surface area contributed by atoms with Gasteiger partial charge >= 0.3 is 5.97 Å². The molecule has 1 aliphatic carbocycles. The standard InChI is InChI=1S/C24H27FN4O5S2/c1-14-20(13-22(35-14)23-26-11-10-19(28-23)24(30)31)27-18-9-4-15(25)12-21(18)34-17-7-5-16(6-8-17)29(2)36(3,32)33/h4,9-13,16-17,27H,5-8H2,1-3H3,(H,30,31). The Balaban J connectivity index is 1.50. The molecular weight excluding hydrogens is 507 g/mol. The first-order valence-corrected chi connectivity index (χ1v) is 14.0. The average molecular weight is 535 g/mol. The molecule has 12 heteroatoms. The van der Waals surface area contributed by atoms with Crippen LogP contribution in [0.15, 0.2) is 36.5 Å². The molecule has 0 atom stereocenters. The first-order valence-electron chi connectivity index (χ1n) is 11.3. The Labute approximate surface area is 213 Å². The lowest BCUT2D eigenvalue weighted by Gasteiger charge is -2.33. The number of nitrogens with one attached hydrogen (secondary N) is 1. The van der Waals surface area contributed by atoms with Gasteiger partial charge in [-0.1, -0.05) is 0 Å². The fourth-order valence-electron chi connectivity index (χ4n) is 4.13. The molecule has 0 saturated heterocycles. The van der Waals surface area contributed by atoms with Crippen LogP contribution in [0.5, 0.6) is 5.75 Å². The molecule has 4 rings (SSSR count). The predicted octanol–water partition coefficient (Wildman–Crippen LogP) is 4.68. The number of carbonyl (C=O) groups is 1. The number of halogens is 1. The topological polar surface area (TPSA) is 122 Å². The van der Waals surface area contributed by atoms with Crippen molar-refractivity contribution in [1.29, 1.82) is 0 Å². The van der Waals surface area contributed by atoms with Gasteiger partial charge in [-0.15, -0.1) is 11.3 Å². The summed E-state index contributed by atoms with van der Waals surface area (Å²) in [6.07, 6.45) is 5.07. The molecule has 2 aromatic heterocycles. The van der Waals surface area contributed by atoms with Crippen molar-refractivity contribution < 1.29 is 27.4 Å². The van der Waals surface area contributed by atoms with Gasteiger partial charge < -0.3 is 15.2 Å². The number of aryl methyl sites for hydroxylation is 1. The molecule has 9 nitrogen and oxygen atoms in total. The summed E-state index contributed by atoms with van der Waals surface area (Å²) >= 11 is 1.41. The van der Waals surface area contributed by atoms with Gasteiger partial charge in [-0.3, -0.25) is 0 Å². The highest BCUT2D eigenvalue weighted by molar-refractivity contribution is 7.88. The van der Waals surface area contributed by atoms with Crippen LogP contribution < -0.4 is 10.1 Å². The molecule has 2 heterocycles. The summed E-state index contributed by atoms with van der Waals surface area (Å²) in [6, 6.07) is 7.36. The molecule has 1 aliphatic rings. The van der Waals surface area contributed by atoms with Crippen LogP contribution in [-0.2, 0) is 10.0 Å². The molecule has 0 bridgehead atoms. The molecule has 2 N–H and O–H groups in total. The lowest BCUT2D eigenvalue weighted by Crippen LogP contribution is -2.40. The summed E-state index contributed by atoms with van der Waals surface area (Å²) in [6.45, 7) is 1.90. The van der Waals surface area contributed by atoms with Crippen molar-refractivity contribution in [3.05, 3.63) is 52.9 Å². The van der Waals surface area contributed by atoms with Crippen molar-refractivity contribution in [2.45, 2.75) is 44.8 Å². The summed E-state index contributed by atoms with van der Waals surface area (Å²) in [4.78, 5) is 21.1. The molecule has 3 aromatic rings. The van der Waals surface area contributed by atoms with E-state index in [-0.39, 0.29) is 17.8 Å². The van der Waals surface area contributed by atoms with Gasteiger partial charge in [0.2, 0.25) is 10.0 Å². The van der Waals surface area contributed by atoms with Crippen LogP contribution in [0.2, 0.25) is 0 Å². The van der Waals surface area contributed by atoms with E-state index in [0.29, 0.717) is 47.8 Å². The summed E-state index contributed by atoms with van der Waals surface area (Å²) < 4.78 is 45.4. The summed E-state index contributed by atoms with van der Waals surface area (Å²) in [5.41, 5.74) is 1.24. The van der Waals surface area contributed by atoms with E-state index in [2.05, 4.69) is 15.3 Å².